The summed E-state index contributed by atoms with van der Waals surface area (Å²) in [6.45, 7) is 5.24. The number of aryl methyl sites for hydroxylation is 1. The highest BCUT2D eigenvalue weighted by atomic mass is 16.5. The number of pyridine rings is 1. The van der Waals surface area contributed by atoms with E-state index in [2.05, 4.69) is 39.0 Å². The van der Waals surface area contributed by atoms with Crippen LogP contribution in [0.1, 0.15) is 12.8 Å². The van der Waals surface area contributed by atoms with Crippen molar-refractivity contribution in [1.29, 1.82) is 0 Å². The van der Waals surface area contributed by atoms with E-state index in [1.165, 1.54) is 10.3 Å². The first-order valence-corrected chi connectivity index (χ1v) is 10.3. The van der Waals surface area contributed by atoms with Crippen molar-refractivity contribution in [1.82, 2.24) is 14.5 Å². The maximum atomic E-state index is 12.8. The molecule has 29 heavy (non-hydrogen) atoms. The molecule has 7 heteroatoms. The number of benzene rings is 1. The summed E-state index contributed by atoms with van der Waals surface area (Å²) in [6, 6.07) is 10.4. The van der Waals surface area contributed by atoms with Gasteiger partial charge in [0.25, 0.3) is 5.56 Å². The number of nitrogens with zero attached hydrogens (tertiary/aromatic N) is 5. The van der Waals surface area contributed by atoms with E-state index in [1.54, 1.807) is 13.4 Å². The molecule has 0 aliphatic carbocycles. The molecule has 2 aliphatic rings. The standard InChI is InChI=1S/C22H25N5O2/c1-25-15-23-19-14-18(24-21(20(19)22(25)28)27-8-2-3-9-27)16-4-6-17(7-5-16)26-10-12-29-13-11-26/h4-7,14-15H,2-3,8-13H2,1H3. The number of hydrogen-bond donors (Lipinski definition) is 0. The van der Waals surface area contributed by atoms with Gasteiger partial charge in [-0.25, -0.2) is 9.97 Å². The smallest absolute Gasteiger partial charge is 0.264 e. The van der Waals surface area contributed by atoms with Crippen LogP contribution in [-0.2, 0) is 11.8 Å². The molecular formula is C22H25N5O2. The molecule has 4 heterocycles. The van der Waals surface area contributed by atoms with Crippen LogP contribution in [0, 0.1) is 0 Å². The van der Waals surface area contributed by atoms with E-state index in [1.807, 2.05) is 6.07 Å². The van der Waals surface area contributed by atoms with Gasteiger partial charge in [-0.05, 0) is 31.0 Å². The van der Waals surface area contributed by atoms with Crippen LogP contribution in [0.3, 0.4) is 0 Å². The predicted molar refractivity (Wildman–Crippen MR) is 115 cm³/mol. The van der Waals surface area contributed by atoms with Crippen molar-refractivity contribution in [2.45, 2.75) is 12.8 Å². The van der Waals surface area contributed by atoms with Gasteiger partial charge in [0.1, 0.15) is 11.2 Å². The lowest BCUT2D eigenvalue weighted by atomic mass is 10.1. The Balaban J connectivity index is 1.58. The summed E-state index contributed by atoms with van der Waals surface area (Å²) in [4.78, 5) is 26.8. The average molecular weight is 391 g/mol. The van der Waals surface area contributed by atoms with E-state index in [4.69, 9.17) is 9.72 Å². The van der Waals surface area contributed by atoms with E-state index < -0.39 is 0 Å². The molecule has 150 valence electrons. The zero-order chi connectivity index (χ0) is 19.8. The van der Waals surface area contributed by atoms with Crippen LogP contribution < -0.4 is 15.4 Å². The first kappa shape index (κ1) is 18.1. The third-order valence-corrected chi connectivity index (χ3v) is 5.83. The minimum Gasteiger partial charge on any atom is -0.378 e. The SMILES string of the molecule is Cn1cnc2cc(-c3ccc(N4CCOCC4)cc3)nc(N3CCCC3)c2c1=O. The van der Waals surface area contributed by atoms with Crippen LogP contribution in [0.5, 0.6) is 0 Å². The number of hydrogen-bond acceptors (Lipinski definition) is 6. The molecule has 0 bridgehead atoms. The molecule has 0 N–H and O–H groups in total. The topological polar surface area (TPSA) is 63.5 Å². The fourth-order valence-electron chi connectivity index (χ4n) is 4.17. The summed E-state index contributed by atoms with van der Waals surface area (Å²) < 4.78 is 6.97. The van der Waals surface area contributed by atoms with E-state index in [9.17, 15) is 4.79 Å². The van der Waals surface area contributed by atoms with Crippen LogP contribution in [-0.4, -0.2) is 53.9 Å². The Bertz CT molecular complexity index is 1080. The number of fused-ring (bicyclic) bond motifs is 1. The van der Waals surface area contributed by atoms with Gasteiger partial charge in [0, 0.05) is 44.5 Å². The summed E-state index contributed by atoms with van der Waals surface area (Å²) in [5, 5.41) is 0.616. The van der Waals surface area contributed by atoms with Crippen molar-refractivity contribution in [3.05, 3.63) is 47.0 Å². The molecular weight excluding hydrogens is 366 g/mol. The molecule has 1 aromatic carbocycles. The van der Waals surface area contributed by atoms with E-state index >= 15 is 0 Å². The number of morpholine rings is 1. The van der Waals surface area contributed by atoms with Crippen molar-refractivity contribution in [2.24, 2.45) is 7.05 Å². The van der Waals surface area contributed by atoms with Crippen LogP contribution in [0.4, 0.5) is 11.5 Å². The van der Waals surface area contributed by atoms with E-state index in [0.29, 0.717) is 10.9 Å². The molecule has 0 amide bonds. The molecule has 0 spiro atoms. The van der Waals surface area contributed by atoms with Gasteiger partial charge in [-0.2, -0.15) is 0 Å². The number of aromatic nitrogens is 3. The van der Waals surface area contributed by atoms with Crippen molar-refractivity contribution < 1.29 is 4.74 Å². The molecule has 2 aromatic heterocycles. The summed E-state index contributed by atoms with van der Waals surface area (Å²) in [7, 11) is 1.74. The van der Waals surface area contributed by atoms with Gasteiger partial charge < -0.3 is 19.1 Å². The summed E-state index contributed by atoms with van der Waals surface area (Å²) in [5.74, 6) is 0.765. The highest BCUT2D eigenvalue weighted by Crippen LogP contribution is 2.30. The third-order valence-electron chi connectivity index (χ3n) is 5.83. The predicted octanol–water partition coefficient (Wildman–Crippen LogP) is 2.43. The molecule has 7 nitrogen and oxygen atoms in total. The Hall–Kier alpha value is -2.93. The number of anilines is 2. The minimum absolute atomic E-state index is 0.0429. The quantitative estimate of drug-likeness (QED) is 0.683. The Morgan fingerprint density at radius 2 is 1.69 bits per heavy atom. The molecule has 0 unspecified atom stereocenters. The summed E-state index contributed by atoms with van der Waals surface area (Å²) in [5.41, 5.74) is 3.75. The zero-order valence-corrected chi connectivity index (χ0v) is 16.7. The van der Waals surface area contributed by atoms with Crippen molar-refractivity contribution in [3.63, 3.8) is 0 Å². The van der Waals surface area contributed by atoms with Gasteiger partial charge in [0.05, 0.1) is 30.8 Å². The summed E-state index contributed by atoms with van der Waals surface area (Å²) in [6.07, 6.45) is 3.84. The molecule has 0 atom stereocenters. The Labute approximate surface area is 169 Å². The highest BCUT2D eigenvalue weighted by molar-refractivity contribution is 5.92. The molecule has 3 aromatic rings. The largest absolute Gasteiger partial charge is 0.378 e. The Kier molecular flexibility index (Phi) is 4.67. The average Bonchev–Trinajstić information content (AvgIpc) is 3.31. The highest BCUT2D eigenvalue weighted by Gasteiger charge is 2.21. The lowest BCUT2D eigenvalue weighted by Gasteiger charge is -2.29. The lowest BCUT2D eigenvalue weighted by molar-refractivity contribution is 0.122. The third kappa shape index (κ3) is 3.35. The number of rotatable bonds is 3. The molecule has 0 radical (unpaired) electrons. The van der Waals surface area contributed by atoms with Crippen molar-refractivity contribution in [3.8, 4) is 11.3 Å². The minimum atomic E-state index is -0.0429. The van der Waals surface area contributed by atoms with E-state index in [-0.39, 0.29) is 5.56 Å². The second-order valence-corrected chi connectivity index (χ2v) is 7.73. The van der Waals surface area contributed by atoms with Crippen molar-refractivity contribution >= 4 is 22.4 Å². The fourth-order valence-corrected chi connectivity index (χ4v) is 4.17. The van der Waals surface area contributed by atoms with Gasteiger partial charge in [-0.3, -0.25) is 4.79 Å². The van der Waals surface area contributed by atoms with E-state index in [0.717, 1.165) is 69.3 Å². The van der Waals surface area contributed by atoms with Gasteiger partial charge in [-0.15, -0.1) is 0 Å². The molecule has 5 rings (SSSR count). The second-order valence-electron chi connectivity index (χ2n) is 7.73. The van der Waals surface area contributed by atoms with Crippen LogP contribution >= 0.6 is 0 Å². The monoisotopic (exact) mass is 391 g/mol. The molecule has 2 saturated heterocycles. The van der Waals surface area contributed by atoms with Gasteiger partial charge in [0.2, 0.25) is 0 Å². The summed E-state index contributed by atoms with van der Waals surface area (Å²) >= 11 is 0. The molecule has 2 fully saturated rings. The second kappa shape index (κ2) is 7.48. The lowest BCUT2D eigenvalue weighted by Crippen LogP contribution is -2.36. The maximum absolute atomic E-state index is 12.8. The first-order chi connectivity index (χ1) is 14.2. The zero-order valence-electron chi connectivity index (χ0n) is 16.7. The van der Waals surface area contributed by atoms with Crippen LogP contribution in [0.25, 0.3) is 22.2 Å². The van der Waals surface area contributed by atoms with Gasteiger partial charge in [0.15, 0.2) is 0 Å². The molecule has 2 aliphatic heterocycles. The number of ether oxygens (including phenoxy) is 1. The van der Waals surface area contributed by atoms with Gasteiger partial charge >= 0.3 is 0 Å². The Morgan fingerprint density at radius 3 is 2.41 bits per heavy atom. The van der Waals surface area contributed by atoms with Crippen LogP contribution in [0.15, 0.2) is 41.5 Å². The molecule has 0 saturated carbocycles. The first-order valence-electron chi connectivity index (χ1n) is 10.3. The fraction of sp³-hybridized carbons (Fsp3) is 0.409. The normalized spacial score (nSPS) is 17.3. The maximum Gasteiger partial charge on any atom is 0.264 e. The van der Waals surface area contributed by atoms with Crippen LogP contribution in [0.2, 0.25) is 0 Å². The van der Waals surface area contributed by atoms with Crippen molar-refractivity contribution in [2.75, 3.05) is 49.2 Å². The van der Waals surface area contributed by atoms with Gasteiger partial charge in [-0.1, -0.05) is 12.1 Å². The Morgan fingerprint density at radius 1 is 0.966 bits per heavy atom.